The Morgan fingerprint density at radius 2 is 0.714 bits per heavy atom. The molecule has 0 aromatic carbocycles. The summed E-state index contributed by atoms with van der Waals surface area (Å²) in [6.45, 7) is 5.79. The minimum absolute atomic E-state index is 1.19. The van der Waals surface area contributed by atoms with Crippen molar-refractivity contribution < 1.29 is 4.57 Å². The molecule has 1 aromatic rings. The van der Waals surface area contributed by atoms with E-state index in [0.717, 1.165) is 0 Å². The van der Waals surface area contributed by atoms with Crippen LogP contribution in [0.3, 0.4) is 0 Å². The average molecular weight is 487 g/mol. The zero-order valence-corrected chi connectivity index (χ0v) is 24.3. The number of nitrogens with zero attached hydrogens (tertiary/aromatic N) is 1. The molecule has 0 bridgehead atoms. The summed E-state index contributed by atoms with van der Waals surface area (Å²) in [4.78, 5) is 0. The first-order valence-corrected chi connectivity index (χ1v) is 16.3. The maximum atomic E-state index is 2.39. The van der Waals surface area contributed by atoms with Crippen molar-refractivity contribution >= 4 is 0 Å². The van der Waals surface area contributed by atoms with Gasteiger partial charge in [0.15, 0.2) is 12.4 Å². The van der Waals surface area contributed by atoms with Crippen LogP contribution in [0.5, 0.6) is 0 Å². The minimum Gasteiger partial charge on any atom is -0.205 e. The van der Waals surface area contributed by atoms with Crippen LogP contribution in [-0.2, 0) is 13.0 Å². The van der Waals surface area contributed by atoms with Crippen LogP contribution in [0.1, 0.15) is 180 Å². The molecule has 0 saturated heterocycles. The zero-order valence-electron chi connectivity index (χ0n) is 24.3. The quantitative estimate of drug-likeness (QED) is 0.0859. The van der Waals surface area contributed by atoms with E-state index in [0.29, 0.717) is 0 Å². The minimum atomic E-state index is 1.19. The van der Waals surface area contributed by atoms with Crippen molar-refractivity contribution in [3.63, 3.8) is 0 Å². The molecule has 1 heterocycles. The van der Waals surface area contributed by atoms with Gasteiger partial charge in [0.25, 0.3) is 0 Å². The van der Waals surface area contributed by atoms with E-state index in [1.165, 1.54) is 179 Å². The monoisotopic (exact) mass is 487 g/mol. The van der Waals surface area contributed by atoms with E-state index in [4.69, 9.17) is 0 Å². The first-order chi connectivity index (χ1) is 17.4. The fourth-order valence-electron chi connectivity index (χ4n) is 5.29. The van der Waals surface area contributed by atoms with Crippen LogP contribution in [0.25, 0.3) is 0 Å². The molecule has 35 heavy (non-hydrogen) atoms. The highest BCUT2D eigenvalue weighted by molar-refractivity contribution is 5.07. The Bertz CT molecular complexity index is 520. The van der Waals surface area contributed by atoms with Gasteiger partial charge in [0, 0.05) is 18.6 Å². The van der Waals surface area contributed by atoms with Gasteiger partial charge in [-0.2, -0.15) is 0 Å². The van der Waals surface area contributed by atoms with Gasteiger partial charge >= 0.3 is 0 Å². The average Bonchev–Trinajstić information content (AvgIpc) is 2.88. The van der Waals surface area contributed by atoms with Gasteiger partial charge < -0.3 is 0 Å². The first-order valence-electron chi connectivity index (χ1n) is 16.3. The van der Waals surface area contributed by atoms with E-state index in [1.807, 2.05) is 0 Å². The summed E-state index contributed by atoms with van der Waals surface area (Å²) in [5.41, 5.74) is 1.53. The predicted octanol–water partition coefficient (Wildman–Crippen LogP) is 11.3. The smallest absolute Gasteiger partial charge is 0.169 e. The van der Waals surface area contributed by atoms with E-state index in [-0.39, 0.29) is 0 Å². The Balaban J connectivity index is 1.86. The normalized spacial score (nSPS) is 11.4. The van der Waals surface area contributed by atoms with Crippen LogP contribution >= 0.6 is 0 Å². The largest absolute Gasteiger partial charge is 0.205 e. The lowest BCUT2D eigenvalue weighted by molar-refractivity contribution is -0.697. The summed E-state index contributed by atoms with van der Waals surface area (Å²) >= 11 is 0. The standard InChI is InChI=1S/C34H64N/c1-3-5-7-9-11-13-15-17-19-21-23-25-27-31-35-32-29-34(30-33-35)28-26-24-22-20-18-16-14-12-10-8-6-4-2/h29-30,32-33H,3-28,31H2,1-2H3/q+1. The van der Waals surface area contributed by atoms with Crippen molar-refractivity contribution in [3.05, 3.63) is 30.1 Å². The van der Waals surface area contributed by atoms with Gasteiger partial charge in [0.05, 0.1) is 0 Å². The first kappa shape index (κ1) is 32.2. The molecule has 204 valence electrons. The van der Waals surface area contributed by atoms with Gasteiger partial charge in [-0.05, 0) is 24.8 Å². The third-order valence-corrected chi connectivity index (χ3v) is 7.80. The third kappa shape index (κ3) is 22.1. The maximum Gasteiger partial charge on any atom is 0.169 e. The molecule has 0 unspecified atom stereocenters. The summed E-state index contributed by atoms with van der Waals surface area (Å²) in [6.07, 6.45) is 41.7. The van der Waals surface area contributed by atoms with Gasteiger partial charge in [0.1, 0.15) is 6.54 Å². The van der Waals surface area contributed by atoms with E-state index in [2.05, 4.69) is 42.9 Å². The summed E-state index contributed by atoms with van der Waals surface area (Å²) in [7, 11) is 0. The topological polar surface area (TPSA) is 3.88 Å². The van der Waals surface area contributed by atoms with Gasteiger partial charge in [-0.3, -0.25) is 0 Å². The molecule has 1 rings (SSSR count). The lowest BCUT2D eigenvalue weighted by atomic mass is 10.0. The number of unbranched alkanes of at least 4 members (excludes halogenated alkanes) is 23. The zero-order chi connectivity index (χ0) is 25.1. The molecule has 0 N–H and O–H groups in total. The molecule has 0 fully saturated rings. The molecule has 1 nitrogen and oxygen atoms in total. The van der Waals surface area contributed by atoms with Crippen LogP contribution in [-0.4, -0.2) is 0 Å². The van der Waals surface area contributed by atoms with Gasteiger partial charge in [-0.1, -0.05) is 155 Å². The molecule has 0 saturated carbocycles. The second kappa shape index (κ2) is 26.2. The Kier molecular flexibility index (Phi) is 24.1. The number of pyridine rings is 1. The summed E-state index contributed by atoms with van der Waals surface area (Å²) in [5.74, 6) is 0. The second-order valence-corrected chi connectivity index (χ2v) is 11.3. The van der Waals surface area contributed by atoms with Crippen molar-refractivity contribution in [1.82, 2.24) is 0 Å². The van der Waals surface area contributed by atoms with Crippen LogP contribution in [0.15, 0.2) is 24.5 Å². The number of hydrogen-bond donors (Lipinski definition) is 0. The van der Waals surface area contributed by atoms with Gasteiger partial charge in [-0.25, -0.2) is 4.57 Å². The molecule has 0 radical (unpaired) electrons. The molecule has 1 heteroatoms. The predicted molar refractivity (Wildman–Crippen MR) is 157 cm³/mol. The highest BCUT2D eigenvalue weighted by Crippen LogP contribution is 2.14. The van der Waals surface area contributed by atoms with Crippen molar-refractivity contribution in [2.75, 3.05) is 0 Å². The van der Waals surface area contributed by atoms with Crippen LogP contribution in [0, 0.1) is 0 Å². The highest BCUT2D eigenvalue weighted by Gasteiger charge is 2.02. The van der Waals surface area contributed by atoms with Crippen LogP contribution in [0.2, 0.25) is 0 Å². The molecule has 0 aliphatic carbocycles. The van der Waals surface area contributed by atoms with E-state index in [9.17, 15) is 0 Å². The Hall–Kier alpha value is -0.850. The summed E-state index contributed by atoms with van der Waals surface area (Å²) in [5, 5.41) is 0. The second-order valence-electron chi connectivity index (χ2n) is 11.3. The van der Waals surface area contributed by atoms with E-state index in [1.54, 1.807) is 0 Å². The molecule has 0 spiro atoms. The Morgan fingerprint density at radius 3 is 1.09 bits per heavy atom. The summed E-state index contributed by atoms with van der Waals surface area (Å²) in [6, 6.07) is 4.72. The lowest BCUT2D eigenvalue weighted by Crippen LogP contribution is -2.32. The Labute approximate surface area is 221 Å². The molecular weight excluding hydrogens is 422 g/mol. The summed E-state index contributed by atoms with van der Waals surface area (Å²) < 4.78 is 2.39. The van der Waals surface area contributed by atoms with E-state index < -0.39 is 0 Å². The number of aryl methyl sites for hydroxylation is 2. The molecule has 0 aliphatic heterocycles. The fraction of sp³-hybridized carbons (Fsp3) is 0.853. The lowest BCUT2D eigenvalue weighted by Gasteiger charge is -2.04. The molecule has 0 atom stereocenters. The van der Waals surface area contributed by atoms with Crippen molar-refractivity contribution in [2.45, 2.75) is 187 Å². The highest BCUT2D eigenvalue weighted by atomic mass is 14.9. The molecule has 1 aromatic heterocycles. The van der Waals surface area contributed by atoms with Crippen LogP contribution < -0.4 is 4.57 Å². The van der Waals surface area contributed by atoms with Crippen molar-refractivity contribution in [1.29, 1.82) is 0 Å². The van der Waals surface area contributed by atoms with Gasteiger partial charge in [-0.15, -0.1) is 0 Å². The number of aromatic nitrogens is 1. The molecular formula is C34H64N+. The Morgan fingerprint density at radius 1 is 0.400 bits per heavy atom. The SMILES string of the molecule is CCCCCCCCCCCCCCC[n+]1ccc(CCCCCCCCCCCCCC)cc1. The maximum absolute atomic E-state index is 2.39. The van der Waals surface area contributed by atoms with Crippen molar-refractivity contribution in [3.8, 4) is 0 Å². The fourth-order valence-corrected chi connectivity index (χ4v) is 5.29. The third-order valence-electron chi connectivity index (χ3n) is 7.80. The van der Waals surface area contributed by atoms with Crippen LogP contribution in [0.4, 0.5) is 0 Å². The molecule has 0 amide bonds. The van der Waals surface area contributed by atoms with Crippen molar-refractivity contribution in [2.24, 2.45) is 0 Å². The number of rotatable bonds is 27. The van der Waals surface area contributed by atoms with E-state index >= 15 is 0 Å². The van der Waals surface area contributed by atoms with Gasteiger partial charge in [0.2, 0.25) is 0 Å². The molecule has 0 aliphatic rings. The number of hydrogen-bond acceptors (Lipinski definition) is 0.